The predicted molar refractivity (Wildman–Crippen MR) is 136 cm³/mol. The van der Waals surface area contributed by atoms with Crippen molar-refractivity contribution in [2.24, 2.45) is 5.84 Å². The molecule has 0 bridgehead atoms. The average molecular weight is 475 g/mol. The standard InChI is InChI=1S/C24H26N8O3/c1-5-22(33)32(25)19-9-7-6-8-17(19)29-20-13-21(28-14-27-20)31(4)24(35)30-18-12-16(23(34)26-3)11-10-15(18)2/h5-14H,1,25H2,2-4H3,(H,26,34)(H,30,35)(H,27,28,29). The fraction of sp³-hybridized carbons (Fsp3) is 0.125. The number of nitrogens with zero attached hydrogens (tertiary/aromatic N) is 4. The third kappa shape index (κ3) is 5.78. The van der Waals surface area contributed by atoms with Gasteiger partial charge in [0.15, 0.2) is 0 Å². The van der Waals surface area contributed by atoms with Gasteiger partial charge in [-0.05, 0) is 42.8 Å². The summed E-state index contributed by atoms with van der Waals surface area (Å²) in [6.45, 7) is 5.27. The fourth-order valence-corrected chi connectivity index (χ4v) is 3.09. The quantitative estimate of drug-likeness (QED) is 0.178. The molecule has 3 aromatic rings. The molecule has 0 saturated heterocycles. The Bertz CT molecular complexity index is 1280. The molecule has 0 spiro atoms. The molecule has 0 atom stereocenters. The summed E-state index contributed by atoms with van der Waals surface area (Å²) < 4.78 is 0. The second-order valence-electron chi connectivity index (χ2n) is 7.41. The maximum absolute atomic E-state index is 12.9. The van der Waals surface area contributed by atoms with Crippen molar-refractivity contribution in [2.45, 2.75) is 6.92 Å². The van der Waals surface area contributed by atoms with Crippen LogP contribution >= 0.6 is 0 Å². The average Bonchev–Trinajstić information content (AvgIpc) is 2.88. The smallest absolute Gasteiger partial charge is 0.327 e. The van der Waals surface area contributed by atoms with Crippen molar-refractivity contribution in [3.63, 3.8) is 0 Å². The molecular weight excluding hydrogens is 448 g/mol. The molecule has 35 heavy (non-hydrogen) atoms. The zero-order valence-electron chi connectivity index (χ0n) is 19.6. The van der Waals surface area contributed by atoms with E-state index in [1.54, 1.807) is 55.6 Å². The van der Waals surface area contributed by atoms with Gasteiger partial charge in [-0.25, -0.2) is 25.6 Å². The van der Waals surface area contributed by atoms with E-state index in [0.29, 0.717) is 34.3 Å². The van der Waals surface area contributed by atoms with Gasteiger partial charge in [-0.3, -0.25) is 14.5 Å². The first-order valence-corrected chi connectivity index (χ1v) is 10.5. The summed E-state index contributed by atoms with van der Waals surface area (Å²) in [7, 11) is 3.09. The van der Waals surface area contributed by atoms with Crippen LogP contribution in [0.15, 0.2) is 67.5 Å². The van der Waals surface area contributed by atoms with Crippen molar-refractivity contribution >= 4 is 46.5 Å². The van der Waals surface area contributed by atoms with Crippen molar-refractivity contribution in [1.29, 1.82) is 0 Å². The number of nitrogens with two attached hydrogens (primary N) is 1. The van der Waals surface area contributed by atoms with E-state index in [2.05, 4.69) is 32.5 Å². The first-order chi connectivity index (χ1) is 16.7. The van der Waals surface area contributed by atoms with Crippen molar-refractivity contribution in [1.82, 2.24) is 15.3 Å². The van der Waals surface area contributed by atoms with Crippen molar-refractivity contribution in [2.75, 3.05) is 34.6 Å². The Morgan fingerprint density at radius 2 is 1.80 bits per heavy atom. The van der Waals surface area contributed by atoms with E-state index in [4.69, 9.17) is 5.84 Å². The minimum atomic E-state index is -0.477. The summed E-state index contributed by atoms with van der Waals surface area (Å²) in [5.74, 6) is 5.85. The van der Waals surface area contributed by atoms with Crippen LogP contribution in [-0.2, 0) is 4.79 Å². The lowest BCUT2D eigenvalue weighted by Crippen LogP contribution is -2.36. The summed E-state index contributed by atoms with van der Waals surface area (Å²) in [5.41, 5.74) is 2.64. The molecule has 1 aromatic heterocycles. The highest BCUT2D eigenvalue weighted by atomic mass is 16.2. The highest BCUT2D eigenvalue weighted by molar-refractivity contribution is 6.03. The molecule has 4 amide bonds. The molecule has 3 rings (SSSR count). The molecule has 0 fully saturated rings. The number of aromatic nitrogens is 2. The van der Waals surface area contributed by atoms with Crippen LogP contribution in [0.3, 0.4) is 0 Å². The zero-order valence-corrected chi connectivity index (χ0v) is 19.6. The van der Waals surface area contributed by atoms with Crippen LogP contribution in [-0.4, -0.2) is 41.9 Å². The van der Waals surface area contributed by atoms with E-state index in [1.807, 2.05) is 6.92 Å². The molecule has 180 valence electrons. The lowest BCUT2D eigenvalue weighted by molar-refractivity contribution is -0.114. The lowest BCUT2D eigenvalue weighted by atomic mass is 10.1. The molecule has 11 heteroatoms. The second-order valence-corrected chi connectivity index (χ2v) is 7.41. The normalized spacial score (nSPS) is 10.2. The van der Waals surface area contributed by atoms with Gasteiger partial charge in [-0.15, -0.1) is 0 Å². The lowest BCUT2D eigenvalue weighted by Gasteiger charge is -2.20. The number of carbonyl (C=O) groups is 3. The number of benzene rings is 2. The molecule has 2 aromatic carbocycles. The molecule has 11 nitrogen and oxygen atoms in total. The third-order valence-corrected chi connectivity index (χ3v) is 5.11. The molecule has 5 N–H and O–H groups in total. The number of hydrazine groups is 1. The maximum atomic E-state index is 12.9. The van der Waals surface area contributed by atoms with Gasteiger partial charge in [0.05, 0.1) is 11.4 Å². The van der Waals surface area contributed by atoms with Crippen LogP contribution in [0.1, 0.15) is 15.9 Å². The van der Waals surface area contributed by atoms with E-state index in [9.17, 15) is 14.4 Å². The van der Waals surface area contributed by atoms with Gasteiger partial charge in [0.2, 0.25) is 0 Å². The minimum Gasteiger partial charge on any atom is -0.355 e. The zero-order chi connectivity index (χ0) is 25.5. The van der Waals surface area contributed by atoms with E-state index >= 15 is 0 Å². The molecule has 0 aliphatic carbocycles. The summed E-state index contributed by atoms with van der Waals surface area (Å²) in [4.78, 5) is 46.4. The van der Waals surface area contributed by atoms with Crippen molar-refractivity contribution in [3.05, 3.63) is 78.6 Å². The Morgan fingerprint density at radius 3 is 2.51 bits per heavy atom. The number of aryl methyl sites for hydroxylation is 1. The summed E-state index contributed by atoms with van der Waals surface area (Å²) in [5, 5.41) is 9.41. The Hall–Kier alpha value is -4.77. The molecule has 0 saturated carbocycles. The van der Waals surface area contributed by atoms with Crippen LogP contribution in [0.4, 0.5) is 33.5 Å². The van der Waals surface area contributed by atoms with Crippen molar-refractivity contribution < 1.29 is 14.4 Å². The minimum absolute atomic E-state index is 0.258. The Labute approximate surface area is 202 Å². The SMILES string of the molecule is C=CC(=O)N(N)c1ccccc1Nc1cc(N(C)C(=O)Nc2cc(C(=O)NC)ccc2C)ncn1. The molecule has 0 unspecified atom stereocenters. The second kappa shape index (κ2) is 10.9. The first kappa shape index (κ1) is 24.9. The highest BCUT2D eigenvalue weighted by Gasteiger charge is 2.17. The van der Waals surface area contributed by atoms with Gasteiger partial charge in [-0.2, -0.15) is 0 Å². The van der Waals surface area contributed by atoms with Gasteiger partial charge in [0.25, 0.3) is 11.8 Å². The van der Waals surface area contributed by atoms with E-state index in [1.165, 1.54) is 18.3 Å². The van der Waals surface area contributed by atoms with Gasteiger partial charge in [0.1, 0.15) is 18.0 Å². The van der Waals surface area contributed by atoms with Gasteiger partial charge < -0.3 is 16.0 Å². The molecular formula is C24H26N8O3. The molecule has 0 radical (unpaired) electrons. The van der Waals surface area contributed by atoms with Gasteiger partial charge in [-0.1, -0.05) is 24.8 Å². The number of urea groups is 1. The number of amides is 4. The van der Waals surface area contributed by atoms with Crippen LogP contribution in [0.25, 0.3) is 0 Å². The van der Waals surface area contributed by atoms with Crippen LogP contribution in [0.2, 0.25) is 0 Å². The monoisotopic (exact) mass is 474 g/mol. The Balaban J connectivity index is 1.80. The van der Waals surface area contributed by atoms with Crippen LogP contribution in [0, 0.1) is 6.92 Å². The van der Waals surface area contributed by atoms with Crippen LogP contribution < -0.4 is 31.7 Å². The van der Waals surface area contributed by atoms with Gasteiger partial charge >= 0.3 is 6.03 Å². The van der Waals surface area contributed by atoms with Crippen molar-refractivity contribution in [3.8, 4) is 0 Å². The summed E-state index contributed by atoms with van der Waals surface area (Å²) in [6, 6.07) is 13.1. The molecule has 1 heterocycles. The third-order valence-electron chi connectivity index (χ3n) is 5.11. The molecule has 0 aliphatic heterocycles. The number of anilines is 5. The number of carbonyl (C=O) groups excluding carboxylic acids is 3. The van der Waals surface area contributed by atoms with E-state index in [0.717, 1.165) is 16.6 Å². The largest absolute Gasteiger partial charge is 0.355 e. The Morgan fingerprint density at radius 1 is 1.06 bits per heavy atom. The van der Waals surface area contributed by atoms with E-state index in [-0.39, 0.29) is 5.91 Å². The highest BCUT2D eigenvalue weighted by Crippen LogP contribution is 2.27. The fourth-order valence-electron chi connectivity index (χ4n) is 3.09. The van der Waals surface area contributed by atoms with E-state index < -0.39 is 11.9 Å². The Kier molecular flexibility index (Phi) is 7.74. The van der Waals surface area contributed by atoms with Gasteiger partial charge in [0, 0.05) is 31.4 Å². The number of rotatable bonds is 7. The maximum Gasteiger partial charge on any atom is 0.327 e. The number of para-hydroxylation sites is 2. The summed E-state index contributed by atoms with van der Waals surface area (Å²) in [6.07, 6.45) is 2.41. The number of hydrogen-bond donors (Lipinski definition) is 4. The topological polar surface area (TPSA) is 146 Å². The van der Waals surface area contributed by atoms with Crippen LogP contribution in [0.5, 0.6) is 0 Å². The summed E-state index contributed by atoms with van der Waals surface area (Å²) >= 11 is 0. The number of hydrogen-bond acceptors (Lipinski definition) is 7. The first-order valence-electron chi connectivity index (χ1n) is 10.5. The number of nitrogens with one attached hydrogen (secondary N) is 3. The predicted octanol–water partition coefficient (Wildman–Crippen LogP) is 2.95. The molecule has 0 aliphatic rings.